The minimum atomic E-state index is -0.190. The van der Waals surface area contributed by atoms with Crippen LogP contribution >= 0.6 is 0 Å². The Labute approximate surface area is 148 Å². The zero-order valence-electron chi connectivity index (χ0n) is 15.4. The number of hydrogen-bond donors (Lipinski definition) is 2. The molecule has 0 bridgehead atoms. The highest BCUT2D eigenvalue weighted by Crippen LogP contribution is 2.23. The normalized spacial score (nSPS) is 18.0. The van der Waals surface area contributed by atoms with Gasteiger partial charge in [0, 0.05) is 30.8 Å². The van der Waals surface area contributed by atoms with Gasteiger partial charge < -0.3 is 10.6 Å². The zero-order valence-corrected chi connectivity index (χ0v) is 15.4. The Morgan fingerprint density at radius 3 is 2.88 bits per heavy atom. The number of aromatic nitrogens is 5. The summed E-state index contributed by atoms with van der Waals surface area (Å²) in [5.41, 5.74) is 0.990. The fourth-order valence-corrected chi connectivity index (χ4v) is 3.02. The summed E-state index contributed by atoms with van der Waals surface area (Å²) in [5, 5.41) is 14.8. The fourth-order valence-electron chi connectivity index (χ4n) is 3.02. The summed E-state index contributed by atoms with van der Waals surface area (Å²) >= 11 is 0. The van der Waals surface area contributed by atoms with Gasteiger partial charge in [-0.25, -0.2) is 14.5 Å². The molecule has 0 unspecified atom stereocenters. The van der Waals surface area contributed by atoms with Crippen LogP contribution in [0.3, 0.4) is 0 Å². The molecule has 25 heavy (non-hydrogen) atoms. The molecular formula is C17H27N7O. The Morgan fingerprint density at radius 2 is 2.20 bits per heavy atom. The number of urea groups is 1. The van der Waals surface area contributed by atoms with Crippen LogP contribution in [0, 0.1) is 0 Å². The Morgan fingerprint density at radius 1 is 1.40 bits per heavy atom. The molecule has 8 nitrogen and oxygen atoms in total. The third-order valence-corrected chi connectivity index (χ3v) is 4.54. The summed E-state index contributed by atoms with van der Waals surface area (Å²) < 4.78 is 3.81. The van der Waals surface area contributed by atoms with Crippen molar-refractivity contribution >= 4 is 6.03 Å². The molecule has 3 heterocycles. The lowest BCUT2D eigenvalue weighted by Crippen LogP contribution is -2.41. The van der Waals surface area contributed by atoms with E-state index >= 15 is 0 Å². The van der Waals surface area contributed by atoms with E-state index in [2.05, 4.69) is 39.7 Å². The number of hydrogen-bond acceptors (Lipinski definition) is 4. The SMILES string of the molecule is CCc1nc2n(n1)CCC[C@H]2NC(=O)N[C@@H](C)c1cnn(C(C)C)c1. The average Bonchev–Trinajstić information content (AvgIpc) is 3.22. The molecule has 2 aromatic heterocycles. The monoisotopic (exact) mass is 345 g/mol. The Kier molecular flexibility index (Phi) is 5.06. The second-order valence-electron chi connectivity index (χ2n) is 6.84. The molecule has 2 atom stereocenters. The highest BCUT2D eigenvalue weighted by Gasteiger charge is 2.26. The first-order chi connectivity index (χ1) is 12.0. The van der Waals surface area contributed by atoms with Gasteiger partial charge in [-0.1, -0.05) is 6.92 Å². The minimum absolute atomic E-state index is 0.0906. The molecule has 136 valence electrons. The molecule has 0 saturated carbocycles. The lowest BCUT2D eigenvalue weighted by atomic mass is 10.1. The molecule has 1 aliphatic heterocycles. The van der Waals surface area contributed by atoms with Crippen LogP contribution in [0.25, 0.3) is 0 Å². The minimum Gasteiger partial charge on any atom is -0.332 e. The van der Waals surface area contributed by atoms with Gasteiger partial charge in [0.05, 0.1) is 18.3 Å². The van der Waals surface area contributed by atoms with Gasteiger partial charge in [-0.3, -0.25) is 4.68 Å². The molecule has 0 aromatic carbocycles. The van der Waals surface area contributed by atoms with Crippen molar-refractivity contribution in [3.63, 3.8) is 0 Å². The first-order valence-electron chi connectivity index (χ1n) is 9.02. The molecule has 1 aliphatic rings. The quantitative estimate of drug-likeness (QED) is 0.871. The van der Waals surface area contributed by atoms with Crippen LogP contribution in [0.1, 0.15) is 75.9 Å². The maximum Gasteiger partial charge on any atom is 0.315 e. The van der Waals surface area contributed by atoms with Crippen LogP contribution in [0.5, 0.6) is 0 Å². The maximum atomic E-state index is 12.4. The number of carbonyl (C=O) groups excluding carboxylic acids is 1. The first kappa shape index (κ1) is 17.4. The largest absolute Gasteiger partial charge is 0.332 e. The van der Waals surface area contributed by atoms with Gasteiger partial charge in [0.2, 0.25) is 0 Å². The number of fused-ring (bicyclic) bond motifs is 1. The average molecular weight is 345 g/mol. The second-order valence-corrected chi connectivity index (χ2v) is 6.84. The number of amides is 2. The maximum absolute atomic E-state index is 12.4. The van der Waals surface area contributed by atoms with Gasteiger partial charge in [-0.15, -0.1) is 0 Å². The third-order valence-electron chi connectivity index (χ3n) is 4.54. The van der Waals surface area contributed by atoms with Crippen LogP contribution in [-0.4, -0.2) is 30.6 Å². The van der Waals surface area contributed by atoms with E-state index in [0.717, 1.165) is 43.0 Å². The van der Waals surface area contributed by atoms with E-state index in [4.69, 9.17) is 0 Å². The van der Waals surface area contributed by atoms with Crippen molar-refractivity contribution in [3.8, 4) is 0 Å². The molecule has 2 aromatic rings. The highest BCUT2D eigenvalue weighted by atomic mass is 16.2. The van der Waals surface area contributed by atoms with Crippen molar-refractivity contribution < 1.29 is 4.79 Å². The van der Waals surface area contributed by atoms with Gasteiger partial charge in [0.1, 0.15) is 5.82 Å². The summed E-state index contributed by atoms with van der Waals surface area (Å²) in [5.74, 6) is 1.69. The van der Waals surface area contributed by atoms with Crippen LogP contribution in [0.2, 0.25) is 0 Å². The summed E-state index contributed by atoms with van der Waals surface area (Å²) in [6.07, 6.45) is 6.45. The number of carbonyl (C=O) groups is 1. The summed E-state index contributed by atoms with van der Waals surface area (Å²) in [7, 11) is 0. The number of aryl methyl sites for hydroxylation is 2. The summed E-state index contributed by atoms with van der Waals surface area (Å²) in [6.45, 7) is 9.01. The van der Waals surface area contributed by atoms with E-state index in [1.54, 1.807) is 6.20 Å². The van der Waals surface area contributed by atoms with Crippen LogP contribution in [0.15, 0.2) is 12.4 Å². The molecule has 0 aliphatic carbocycles. The molecule has 3 rings (SSSR count). The van der Waals surface area contributed by atoms with Crippen molar-refractivity contribution in [2.24, 2.45) is 0 Å². The van der Waals surface area contributed by atoms with Crippen LogP contribution in [0.4, 0.5) is 4.79 Å². The molecule has 0 saturated heterocycles. The predicted octanol–water partition coefficient (Wildman–Crippen LogP) is 2.51. The zero-order chi connectivity index (χ0) is 18.0. The predicted molar refractivity (Wildman–Crippen MR) is 94.1 cm³/mol. The molecule has 8 heteroatoms. The van der Waals surface area contributed by atoms with Crippen molar-refractivity contribution in [1.29, 1.82) is 0 Å². The van der Waals surface area contributed by atoms with Crippen molar-refractivity contribution in [1.82, 2.24) is 35.2 Å². The van der Waals surface area contributed by atoms with Crippen molar-refractivity contribution in [2.45, 2.75) is 71.6 Å². The standard InChI is InChI=1S/C17H27N7O/c1-5-15-21-16-14(7-6-8-23(16)22-15)20-17(25)19-12(4)13-9-18-24(10-13)11(2)3/h9-12,14H,5-8H2,1-4H3,(H2,19,20,25)/t12-,14+/m0/s1. The summed E-state index contributed by atoms with van der Waals surface area (Å²) in [6, 6.07) is -0.0901. The van der Waals surface area contributed by atoms with Crippen LogP contribution < -0.4 is 10.6 Å². The first-order valence-corrected chi connectivity index (χ1v) is 9.02. The van der Waals surface area contributed by atoms with Crippen molar-refractivity contribution in [3.05, 3.63) is 29.6 Å². The van der Waals surface area contributed by atoms with E-state index in [0.29, 0.717) is 6.04 Å². The lowest BCUT2D eigenvalue weighted by Gasteiger charge is -2.24. The van der Waals surface area contributed by atoms with E-state index in [1.165, 1.54) is 0 Å². The Bertz CT molecular complexity index is 733. The van der Waals surface area contributed by atoms with E-state index < -0.39 is 0 Å². The van der Waals surface area contributed by atoms with E-state index in [1.807, 2.05) is 29.4 Å². The van der Waals surface area contributed by atoms with Gasteiger partial charge in [0.15, 0.2) is 5.82 Å². The highest BCUT2D eigenvalue weighted by molar-refractivity contribution is 5.74. The Hall–Kier alpha value is -2.38. The summed E-state index contributed by atoms with van der Waals surface area (Å²) in [4.78, 5) is 17.0. The molecule has 0 radical (unpaired) electrons. The topological polar surface area (TPSA) is 89.7 Å². The van der Waals surface area contributed by atoms with Crippen molar-refractivity contribution in [2.75, 3.05) is 0 Å². The third kappa shape index (κ3) is 3.83. The molecule has 0 fully saturated rings. The van der Waals surface area contributed by atoms with Gasteiger partial charge >= 0.3 is 6.03 Å². The smallest absolute Gasteiger partial charge is 0.315 e. The van der Waals surface area contributed by atoms with Gasteiger partial charge in [0.25, 0.3) is 0 Å². The van der Waals surface area contributed by atoms with Gasteiger partial charge in [-0.05, 0) is 33.6 Å². The fraction of sp³-hybridized carbons (Fsp3) is 0.647. The number of nitrogens with one attached hydrogen (secondary N) is 2. The second kappa shape index (κ2) is 7.25. The molecular weight excluding hydrogens is 318 g/mol. The number of rotatable bonds is 5. The molecule has 2 amide bonds. The Balaban J connectivity index is 1.62. The molecule has 0 spiro atoms. The van der Waals surface area contributed by atoms with E-state index in [-0.39, 0.29) is 18.1 Å². The number of nitrogens with zero attached hydrogens (tertiary/aromatic N) is 5. The van der Waals surface area contributed by atoms with Gasteiger partial charge in [-0.2, -0.15) is 10.2 Å². The van der Waals surface area contributed by atoms with E-state index in [9.17, 15) is 4.79 Å². The molecule has 2 N–H and O–H groups in total. The lowest BCUT2D eigenvalue weighted by molar-refractivity contribution is 0.229. The van der Waals surface area contributed by atoms with Crippen LogP contribution in [-0.2, 0) is 13.0 Å².